The van der Waals surface area contributed by atoms with Gasteiger partial charge in [-0.05, 0) is 168 Å². The topological polar surface area (TPSA) is 169 Å². The van der Waals surface area contributed by atoms with Crippen LogP contribution >= 0.6 is 0 Å². The Balaban J connectivity index is 0.000000203. The van der Waals surface area contributed by atoms with E-state index in [1.54, 1.807) is 33.7 Å². The van der Waals surface area contributed by atoms with Crippen LogP contribution in [0.25, 0.3) is 11.1 Å². The molecule has 9 rings (SSSR count). The van der Waals surface area contributed by atoms with Crippen LogP contribution in [0, 0.1) is 23.7 Å². The van der Waals surface area contributed by atoms with E-state index in [1.165, 1.54) is 44.5 Å². The quantitative estimate of drug-likeness (QED) is 0.154. The normalized spacial score (nSPS) is 23.1. The van der Waals surface area contributed by atoms with Gasteiger partial charge in [0.2, 0.25) is 17.7 Å². The Kier molecular flexibility index (Phi) is 17.0. The third kappa shape index (κ3) is 13.5. The lowest BCUT2D eigenvalue weighted by molar-refractivity contribution is -0.158. The minimum Gasteiger partial charge on any atom is -0.459 e. The molecule has 3 aromatic carbocycles. The Morgan fingerprint density at radius 2 is 0.960 bits per heavy atom. The second-order valence-electron chi connectivity index (χ2n) is 23.9. The van der Waals surface area contributed by atoms with Gasteiger partial charge in [-0.2, -0.15) is 0 Å². The molecule has 402 valence electrons. The summed E-state index contributed by atoms with van der Waals surface area (Å²) >= 11 is 0. The fourth-order valence-corrected chi connectivity index (χ4v) is 12.1. The van der Waals surface area contributed by atoms with Crippen molar-refractivity contribution >= 4 is 47.0 Å². The fraction of sp³-hybridized carbons (Fsp3) is 0.541. The molecular formula is C61H79N5O9. The highest BCUT2D eigenvalue weighted by atomic mass is 16.6. The molecule has 2 heterocycles. The molecule has 0 spiro atoms. The zero-order valence-corrected chi connectivity index (χ0v) is 45.5. The van der Waals surface area contributed by atoms with Gasteiger partial charge in [0.15, 0.2) is 0 Å². The molecular weight excluding hydrogens is 947 g/mol. The molecule has 0 bridgehead atoms. The summed E-state index contributed by atoms with van der Waals surface area (Å²) in [6, 6.07) is 25.0. The molecule has 2 fully saturated rings. The summed E-state index contributed by atoms with van der Waals surface area (Å²) in [4.78, 5) is 84.9. The Labute approximate surface area is 444 Å². The molecule has 14 nitrogen and oxygen atoms in total. The van der Waals surface area contributed by atoms with Crippen molar-refractivity contribution in [1.29, 1.82) is 0 Å². The van der Waals surface area contributed by atoms with Crippen molar-refractivity contribution < 1.29 is 43.0 Å². The van der Waals surface area contributed by atoms with Gasteiger partial charge in [-0.1, -0.05) is 78.9 Å². The van der Waals surface area contributed by atoms with E-state index in [4.69, 9.17) is 19.9 Å². The summed E-state index contributed by atoms with van der Waals surface area (Å²) in [7, 11) is 3.54. The molecule has 0 aromatic heterocycles. The summed E-state index contributed by atoms with van der Waals surface area (Å²) < 4.78 is 16.7. The predicted molar refractivity (Wildman–Crippen MR) is 288 cm³/mol. The van der Waals surface area contributed by atoms with Gasteiger partial charge in [0.05, 0.1) is 0 Å². The fourth-order valence-electron chi connectivity index (χ4n) is 12.1. The summed E-state index contributed by atoms with van der Waals surface area (Å²) in [6.45, 7) is 13.6. The number of carbonyl (C=O) groups excluding carboxylic acids is 6. The highest BCUT2D eigenvalue weighted by Gasteiger charge is 2.44. The van der Waals surface area contributed by atoms with E-state index in [2.05, 4.69) is 24.3 Å². The number of primary amides is 1. The van der Waals surface area contributed by atoms with Crippen LogP contribution in [-0.2, 0) is 52.8 Å². The minimum atomic E-state index is -0.632. The van der Waals surface area contributed by atoms with Crippen LogP contribution in [0.5, 0.6) is 0 Å². The van der Waals surface area contributed by atoms with Crippen LogP contribution in [0.1, 0.15) is 134 Å². The maximum absolute atomic E-state index is 14.0. The van der Waals surface area contributed by atoms with Crippen LogP contribution in [0.3, 0.4) is 0 Å². The van der Waals surface area contributed by atoms with Gasteiger partial charge in [-0.25, -0.2) is 14.4 Å². The number of hydrogen-bond acceptors (Lipinski definition) is 9. The van der Waals surface area contributed by atoms with Crippen molar-refractivity contribution in [2.45, 2.75) is 148 Å². The molecule has 2 atom stereocenters. The number of nitrogens with zero attached hydrogens (tertiary/aromatic N) is 4. The lowest BCUT2D eigenvalue weighted by Gasteiger charge is -2.39. The average molecular weight is 1030 g/mol. The van der Waals surface area contributed by atoms with Crippen LogP contribution < -0.4 is 5.73 Å². The summed E-state index contributed by atoms with van der Waals surface area (Å²) in [5.74, 6) is -0.248. The first kappa shape index (κ1) is 54.8. The van der Waals surface area contributed by atoms with Gasteiger partial charge < -0.3 is 39.5 Å². The average Bonchev–Trinajstić information content (AvgIpc) is 3.95. The van der Waals surface area contributed by atoms with E-state index in [0.29, 0.717) is 50.9 Å². The number of fused-ring (bicyclic) bond motifs is 4. The number of ether oxygens (including phenoxy) is 3. The van der Waals surface area contributed by atoms with Crippen molar-refractivity contribution in [1.82, 2.24) is 19.6 Å². The van der Waals surface area contributed by atoms with E-state index in [9.17, 15) is 28.8 Å². The number of amides is 5. The second kappa shape index (κ2) is 23.2. The monoisotopic (exact) mass is 1030 g/mol. The minimum absolute atomic E-state index is 0.0465. The van der Waals surface area contributed by atoms with Gasteiger partial charge in [-0.15, -0.1) is 0 Å². The number of rotatable bonds is 10. The number of esters is 1. The van der Waals surface area contributed by atoms with Crippen molar-refractivity contribution in [2.75, 3.05) is 40.3 Å². The van der Waals surface area contributed by atoms with Crippen molar-refractivity contribution in [2.24, 2.45) is 29.4 Å². The van der Waals surface area contributed by atoms with Gasteiger partial charge in [0, 0.05) is 65.0 Å². The molecule has 4 aliphatic carbocycles. The van der Waals surface area contributed by atoms with Crippen LogP contribution in [0.4, 0.5) is 9.59 Å². The van der Waals surface area contributed by atoms with Crippen molar-refractivity contribution in [3.05, 3.63) is 118 Å². The molecule has 6 aliphatic rings. The highest BCUT2D eigenvalue weighted by Crippen LogP contribution is 2.43. The molecule has 75 heavy (non-hydrogen) atoms. The number of hydrogen-bond donors (Lipinski definition) is 1. The Morgan fingerprint density at radius 1 is 0.560 bits per heavy atom. The molecule has 5 amide bonds. The highest BCUT2D eigenvalue weighted by molar-refractivity contribution is 5.93. The smallest absolute Gasteiger partial charge is 0.410 e. The summed E-state index contributed by atoms with van der Waals surface area (Å²) in [5, 5.41) is 0. The Hall–Kier alpha value is -6.44. The van der Waals surface area contributed by atoms with Crippen LogP contribution in [0.15, 0.2) is 90.0 Å². The predicted octanol–water partition coefficient (Wildman–Crippen LogP) is 9.77. The van der Waals surface area contributed by atoms with Gasteiger partial charge in [0.1, 0.15) is 29.9 Å². The molecule has 0 unspecified atom stereocenters. The largest absolute Gasteiger partial charge is 0.459 e. The molecule has 14 heteroatoms. The van der Waals surface area contributed by atoms with E-state index < -0.39 is 29.2 Å². The second-order valence-corrected chi connectivity index (χ2v) is 23.9. The molecule has 2 saturated carbocycles. The Bertz CT molecular complexity index is 2670. The first-order chi connectivity index (χ1) is 35.6. The maximum Gasteiger partial charge on any atom is 0.410 e. The SMILES string of the molecule is CN(CC1CCC(C(=O)N2CC3=C(C[C@H]2C(=O)OCc2ccccc2)c2ccccc2C3)CC1)C(=O)OC(C)(C)C.CN(CC1CCC(C(=O)N2CC3=C(C[C@H]2C(N)=O)c2ccccc2C3)CC1)C(=O)OC(C)(C)C. The van der Waals surface area contributed by atoms with Gasteiger partial charge >= 0.3 is 18.2 Å². The van der Waals surface area contributed by atoms with Crippen LogP contribution in [-0.4, -0.2) is 119 Å². The van der Waals surface area contributed by atoms with E-state index in [-0.39, 0.29) is 48.4 Å². The zero-order chi connectivity index (χ0) is 53.8. The summed E-state index contributed by atoms with van der Waals surface area (Å²) in [5.41, 5.74) is 15.4. The van der Waals surface area contributed by atoms with E-state index in [0.717, 1.165) is 69.8 Å². The number of carbonyl (C=O) groups is 6. The summed E-state index contributed by atoms with van der Waals surface area (Å²) in [6.07, 6.45) is 8.52. The van der Waals surface area contributed by atoms with E-state index in [1.807, 2.05) is 96.1 Å². The third-order valence-corrected chi connectivity index (χ3v) is 15.9. The number of nitrogens with two attached hydrogens (primary N) is 1. The van der Waals surface area contributed by atoms with Crippen molar-refractivity contribution in [3.8, 4) is 0 Å². The first-order valence-electron chi connectivity index (χ1n) is 27.2. The number of benzene rings is 3. The van der Waals surface area contributed by atoms with Gasteiger partial charge in [-0.3, -0.25) is 14.4 Å². The van der Waals surface area contributed by atoms with E-state index >= 15 is 0 Å². The maximum atomic E-state index is 14.0. The van der Waals surface area contributed by atoms with Crippen molar-refractivity contribution in [3.63, 3.8) is 0 Å². The third-order valence-electron chi connectivity index (χ3n) is 15.9. The zero-order valence-electron chi connectivity index (χ0n) is 45.5. The standard InChI is InChI=1S/C34H42N2O5.C27H37N3O4/c1-34(2,3)41-33(39)35(4)20-23-14-16-25(17-15-23)31(37)36-21-27-18-26-12-8-9-13-28(26)29(27)19-30(36)32(38)40-22-24-10-6-5-7-11-24;1-27(2,3)34-26(33)29(4)15-17-9-11-18(12-10-17)25(32)30-16-20-13-19-7-5-6-8-21(19)22(20)14-23(30)24(28)31/h5-13,23,25,30H,14-22H2,1-4H3;5-8,17-18,23H,9-16H2,1-4H3,(H2,28,31)/t23?,25?,30-;17?,18?,23-/m00/s1. The molecule has 0 radical (unpaired) electrons. The molecule has 0 saturated heterocycles. The molecule has 2 N–H and O–H groups in total. The Morgan fingerprint density at radius 3 is 1.39 bits per heavy atom. The molecule has 3 aromatic rings. The lowest BCUT2D eigenvalue weighted by Crippen LogP contribution is -2.53. The van der Waals surface area contributed by atoms with Gasteiger partial charge in [0.25, 0.3) is 0 Å². The lowest BCUT2D eigenvalue weighted by atomic mass is 9.80. The molecule has 2 aliphatic heterocycles. The first-order valence-corrected chi connectivity index (χ1v) is 27.2. The van der Waals surface area contributed by atoms with Crippen LogP contribution in [0.2, 0.25) is 0 Å².